The van der Waals surface area contributed by atoms with E-state index in [1.807, 2.05) is 6.08 Å². The topological polar surface area (TPSA) is 149 Å². The van der Waals surface area contributed by atoms with Crippen molar-refractivity contribution < 1.29 is 39.8 Å². The highest BCUT2D eigenvalue weighted by atomic mass is 16.7. The lowest BCUT2D eigenvalue weighted by Gasteiger charge is -2.40. The van der Waals surface area contributed by atoms with Gasteiger partial charge in [0.2, 0.25) is 5.91 Å². The third-order valence-corrected chi connectivity index (χ3v) is 12.7. The van der Waals surface area contributed by atoms with Gasteiger partial charge in [0.15, 0.2) is 6.29 Å². The fourth-order valence-corrected chi connectivity index (χ4v) is 8.25. The molecule has 0 aliphatic carbocycles. The van der Waals surface area contributed by atoms with Gasteiger partial charge in [0.05, 0.1) is 25.4 Å². The molecule has 1 amide bonds. The minimum absolute atomic E-state index is 0.199. The van der Waals surface area contributed by atoms with Gasteiger partial charge in [-0.3, -0.25) is 4.79 Å². The van der Waals surface area contributed by atoms with E-state index in [9.17, 15) is 30.3 Å². The van der Waals surface area contributed by atoms with Gasteiger partial charge in [-0.2, -0.15) is 0 Å². The number of aliphatic hydroxyl groups excluding tert-OH is 5. The molecule has 6 N–H and O–H groups in total. The maximum Gasteiger partial charge on any atom is 0.220 e. The maximum atomic E-state index is 13.0. The first-order chi connectivity index (χ1) is 33.8. The van der Waals surface area contributed by atoms with Crippen LogP contribution in [-0.2, 0) is 14.3 Å². The van der Waals surface area contributed by atoms with Crippen molar-refractivity contribution in [1.82, 2.24) is 5.32 Å². The lowest BCUT2D eigenvalue weighted by atomic mass is 9.99. The Bertz CT molecular complexity index is 1400. The standard InChI is InChI=1S/C60H103NO8/c1-3-5-7-9-11-13-15-17-19-21-23-24-25-26-27-28-29-30-32-34-36-38-40-42-44-46-48-50-56(64)61-53(52-68-60-59(67)58(66)57(65)55(51-62)69-60)54(63)49-47-45-43-41-39-37-35-33-31-22-20-18-16-14-12-10-8-6-4-2/h5,7,11,13,17,19,23-24,26-27,29-30,34,36,47,49,53-55,57-60,62-63,65-67H,3-4,6,8-10,12,14-16,18,20-22,25,28,31-33,35,37-46,48,50-52H2,1-2H3,(H,61,64)/b7-5-,13-11-,19-17-,24-23-,27-26-,30-29-,36-34-,49-47+. The number of carbonyl (C=O) groups excluding carboxylic acids is 1. The number of nitrogens with one attached hydrogen (secondary N) is 1. The van der Waals surface area contributed by atoms with Gasteiger partial charge >= 0.3 is 0 Å². The Hall–Kier alpha value is -2.89. The number of amides is 1. The molecular formula is C60H103NO8. The molecule has 7 atom stereocenters. The summed E-state index contributed by atoms with van der Waals surface area (Å²) in [5.74, 6) is -0.199. The average molecular weight is 966 g/mol. The number of allylic oxidation sites excluding steroid dienone is 15. The highest BCUT2D eigenvalue weighted by Gasteiger charge is 2.44. The van der Waals surface area contributed by atoms with Crippen LogP contribution in [0.15, 0.2) is 97.2 Å². The lowest BCUT2D eigenvalue weighted by molar-refractivity contribution is -0.302. The summed E-state index contributed by atoms with van der Waals surface area (Å²) in [6.07, 6.45) is 63.1. The van der Waals surface area contributed by atoms with E-state index in [0.717, 1.165) is 103 Å². The number of aliphatic hydroxyl groups is 5. The van der Waals surface area contributed by atoms with E-state index in [4.69, 9.17) is 9.47 Å². The van der Waals surface area contributed by atoms with Crippen LogP contribution in [0.5, 0.6) is 0 Å². The summed E-state index contributed by atoms with van der Waals surface area (Å²) in [5.41, 5.74) is 0. The Balaban J connectivity index is 2.29. The van der Waals surface area contributed by atoms with Crippen molar-refractivity contribution in [1.29, 1.82) is 0 Å². The van der Waals surface area contributed by atoms with E-state index in [2.05, 4.69) is 104 Å². The molecule has 0 saturated carbocycles. The summed E-state index contributed by atoms with van der Waals surface area (Å²) < 4.78 is 11.3. The van der Waals surface area contributed by atoms with Gasteiger partial charge < -0.3 is 40.3 Å². The summed E-state index contributed by atoms with van der Waals surface area (Å²) in [6.45, 7) is 3.65. The molecule has 0 aromatic carbocycles. The monoisotopic (exact) mass is 966 g/mol. The van der Waals surface area contributed by atoms with Gasteiger partial charge in [-0.05, 0) is 77.0 Å². The molecule has 1 fully saturated rings. The molecule has 7 unspecified atom stereocenters. The Morgan fingerprint density at radius 1 is 0.507 bits per heavy atom. The molecule has 0 bridgehead atoms. The molecule has 1 saturated heterocycles. The molecule has 396 valence electrons. The molecule has 1 aliphatic heterocycles. The average Bonchev–Trinajstić information content (AvgIpc) is 3.35. The minimum Gasteiger partial charge on any atom is -0.394 e. The molecule has 9 nitrogen and oxygen atoms in total. The second-order valence-electron chi connectivity index (χ2n) is 19.0. The first-order valence-corrected chi connectivity index (χ1v) is 28.0. The second-order valence-corrected chi connectivity index (χ2v) is 19.0. The van der Waals surface area contributed by atoms with Crippen LogP contribution in [0, 0.1) is 0 Å². The van der Waals surface area contributed by atoms with Crippen LogP contribution in [0.25, 0.3) is 0 Å². The summed E-state index contributed by atoms with van der Waals surface area (Å²) in [4.78, 5) is 13.0. The zero-order valence-electron chi connectivity index (χ0n) is 43.8. The van der Waals surface area contributed by atoms with E-state index < -0.39 is 49.5 Å². The van der Waals surface area contributed by atoms with E-state index in [0.29, 0.717) is 6.42 Å². The van der Waals surface area contributed by atoms with Gasteiger partial charge in [-0.15, -0.1) is 0 Å². The van der Waals surface area contributed by atoms with Crippen LogP contribution < -0.4 is 5.32 Å². The Morgan fingerprint density at radius 2 is 0.899 bits per heavy atom. The quantitative estimate of drug-likeness (QED) is 0.0261. The third-order valence-electron chi connectivity index (χ3n) is 12.7. The van der Waals surface area contributed by atoms with Crippen LogP contribution in [0.3, 0.4) is 0 Å². The fraction of sp³-hybridized carbons (Fsp3) is 0.717. The summed E-state index contributed by atoms with van der Waals surface area (Å²) in [6, 6.07) is -0.823. The van der Waals surface area contributed by atoms with Crippen molar-refractivity contribution in [3.63, 3.8) is 0 Å². The number of carbonyl (C=O) groups is 1. The van der Waals surface area contributed by atoms with Gasteiger partial charge in [0.25, 0.3) is 0 Å². The van der Waals surface area contributed by atoms with Gasteiger partial charge in [-0.1, -0.05) is 233 Å². The van der Waals surface area contributed by atoms with E-state index in [1.165, 1.54) is 96.3 Å². The largest absolute Gasteiger partial charge is 0.394 e. The maximum absolute atomic E-state index is 13.0. The summed E-state index contributed by atoms with van der Waals surface area (Å²) in [7, 11) is 0. The number of unbranched alkanes of at least 4 members (excludes halogenated alkanes) is 22. The first-order valence-electron chi connectivity index (χ1n) is 28.0. The molecular weight excluding hydrogens is 863 g/mol. The van der Waals surface area contributed by atoms with Crippen molar-refractivity contribution in [3.8, 4) is 0 Å². The number of hydrogen-bond acceptors (Lipinski definition) is 8. The van der Waals surface area contributed by atoms with E-state index >= 15 is 0 Å². The Kier molecular flexibility index (Phi) is 45.3. The fourth-order valence-electron chi connectivity index (χ4n) is 8.25. The van der Waals surface area contributed by atoms with Crippen LogP contribution in [0.1, 0.15) is 219 Å². The molecule has 0 radical (unpaired) electrons. The summed E-state index contributed by atoms with van der Waals surface area (Å²) in [5, 5.41) is 54.5. The second kappa shape index (κ2) is 48.7. The zero-order chi connectivity index (χ0) is 50.1. The first kappa shape index (κ1) is 64.1. The highest BCUT2D eigenvalue weighted by molar-refractivity contribution is 5.76. The van der Waals surface area contributed by atoms with Crippen molar-refractivity contribution in [2.24, 2.45) is 0 Å². The van der Waals surface area contributed by atoms with E-state index in [1.54, 1.807) is 6.08 Å². The third kappa shape index (κ3) is 38.5. The molecule has 1 heterocycles. The van der Waals surface area contributed by atoms with Gasteiger partial charge in [-0.25, -0.2) is 0 Å². The number of rotatable bonds is 46. The molecule has 0 aromatic heterocycles. The summed E-state index contributed by atoms with van der Waals surface area (Å²) >= 11 is 0. The van der Waals surface area contributed by atoms with Crippen LogP contribution in [0.4, 0.5) is 0 Å². The molecule has 1 rings (SSSR count). The number of ether oxygens (including phenoxy) is 2. The van der Waals surface area contributed by atoms with Gasteiger partial charge in [0, 0.05) is 6.42 Å². The molecule has 1 aliphatic rings. The van der Waals surface area contributed by atoms with Crippen LogP contribution in [-0.4, -0.2) is 87.5 Å². The molecule has 0 spiro atoms. The van der Waals surface area contributed by atoms with Crippen molar-refractivity contribution in [3.05, 3.63) is 97.2 Å². The molecule has 0 aromatic rings. The Labute approximate surface area is 422 Å². The van der Waals surface area contributed by atoms with E-state index in [-0.39, 0.29) is 12.5 Å². The van der Waals surface area contributed by atoms with Crippen LogP contribution >= 0.6 is 0 Å². The van der Waals surface area contributed by atoms with Crippen LogP contribution in [0.2, 0.25) is 0 Å². The lowest BCUT2D eigenvalue weighted by Crippen LogP contribution is -2.60. The minimum atomic E-state index is -1.58. The van der Waals surface area contributed by atoms with Crippen molar-refractivity contribution in [2.75, 3.05) is 13.2 Å². The van der Waals surface area contributed by atoms with Gasteiger partial charge in [0.1, 0.15) is 24.4 Å². The highest BCUT2D eigenvalue weighted by Crippen LogP contribution is 2.23. The Morgan fingerprint density at radius 3 is 1.33 bits per heavy atom. The number of hydrogen-bond donors (Lipinski definition) is 6. The van der Waals surface area contributed by atoms with Crippen molar-refractivity contribution in [2.45, 2.75) is 262 Å². The normalized spacial score (nSPS) is 20.2. The predicted molar refractivity (Wildman–Crippen MR) is 290 cm³/mol. The smallest absolute Gasteiger partial charge is 0.220 e. The molecule has 9 heteroatoms. The van der Waals surface area contributed by atoms with Crippen molar-refractivity contribution >= 4 is 5.91 Å². The zero-order valence-corrected chi connectivity index (χ0v) is 43.8. The SMILES string of the molecule is CC/C=C\C/C=C\C/C=C\C/C=C\C/C=C\C/C=C\C/C=C\CCCCCCCC(=O)NC(COC1OC(CO)C(O)C(O)C1O)C(O)/C=C/CCCCCCCCCCCCCCCCCCC. The predicted octanol–water partition coefficient (Wildman–Crippen LogP) is 13.6. The molecule has 69 heavy (non-hydrogen) atoms.